The highest BCUT2D eigenvalue weighted by Crippen LogP contribution is 2.38. The fraction of sp³-hybridized carbons (Fsp3) is 0.357. The fourth-order valence-corrected chi connectivity index (χ4v) is 5.96. The molecular formula is C28H33N3O8S. The van der Waals surface area contributed by atoms with Crippen LogP contribution in [0.2, 0.25) is 0 Å². The van der Waals surface area contributed by atoms with Gasteiger partial charge in [0.15, 0.2) is 5.69 Å². The quantitative estimate of drug-likeness (QED) is 0.182. The van der Waals surface area contributed by atoms with Crippen molar-refractivity contribution < 1.29 is 32.7 Å². The number of rotatable bonds is 12. The highest BCUT2D eigenvalue weighted by Gasteiger charge is 2.30. The summed E-state index contributed by atoms with van der Waals surface area (Å²) in [6, 6.07) is 16.0. The number of sulfonamides is 1. The molecule has 11 nitrogen and oxygen atoms in total. The number of benzene rings is 3. The van der Waals surface area contributed by atoms with Crippen LogP contribution < -0.4 is 14.8 Å². The van der Waals surface area contributed by atoms with Crippen molar-refractivity contribution >= 4 is 21.4 Å². The van der Waals surface area contributed by atoms with Crippen LogP contribution in [0, 0.1) is 16.0 Å². The molecule has 4 rings (SSSR count). The van der Waals surface area contributed by atoms with E-state index in [1.54, 1.807) is 48.5 Å². The molecule has 1 saturated heterocycles. The number of methoxy groups -OCH3 is 2. The lowest BCUT2D eigenvalue weighted by atomic mass is 10.0. The van der Waals surface area contributed by atoms with E-state index in [0.717, 1.165) is 25.0 Å². The Morgan fingerprint density at radius 2 is 1.50 bits per heavy atom. The molecule has 0 bridgehead atoms. The molecule has 3 aromatic carbocycles. The predicted molar refractivity (Wildman–Crippen MR) is 149 cm³/mol. The summed E-state index contributed by atoms with van der Waals surface area (Å²) >= 11 is 0. The highest BCUT2D eigenvalue weighted by molar-refractivity contribution is 7.89. The van der Waals surface area contributed by atoms with E-state index in [2.05, 4.69) is 5.32 Å². The molecule has 2 N–H and O–H groups in total. The van der Waals surface area contributed by atoms with Crippen molar-refractivity contribution in [3.8, 4) is 17.2 Å². The number of phenolic OH excluding ortho intramolecular Hbond substituents is 1. The third-order valence-electron chi connectivity index (χ3n) is 6.85. The first-order valence-corrected chi connectivity index (χ1v) is 14.2. The molecule has 0 amide bonds. The van der Waals surface area contributed by atoms with Gasteiger partial charge in [-0.05, 0) is 54.2 Å². The molecule has 40 heavy (non-hydrogen) atoms. The van der Waals surface area contributed by atoms with Gasteiger partial charge in [-0.1, -0.05) is 24.3 Å². The number of aromatic hydroxyl groups is 1. The van der Waals surface area contributed by atoms with Crippen molar-refractivity contribution in [3.05, 3.63) is 81.9 Å². The number of nitro groups is 1. The van der Waals surface area contributed by atoms with Crippen molar-refractivity contribution in [2.24, 2.45) is 5.92 Å². The molecule has 0 atom stereocenters. The first kappa shape index (κ1) is 29.1. The summed E-state index contributed by atoms with van der Waals surface area (Å²) in [5, 5.41) is 25.7. The zero-order chi connectivity index (χ0) is 28.7. The second-order valence-electron chi connectivity index (χ2n) is 9.50. The standard InChI is InChI=1S/C28H33N3O8S/c1-37-23-7-3-21(4-8-23)18-30(19-22-5-9-24(38-2)10-6-22)40(35,36)25-15-26(31(33)34)28(27(32)16-25)29-17-20-11-13-39-14-12-20/h3-10,15-16,20,29,32H,11-14,17-19H2,1-2H3. The van der Waals surface area contributed by atoms with Gasteiger partial charge in [0, 0.05) is 45.0 Å². The molecule has 1 aliphatic heterocycles. The van der Waals surface area contributed by atoms with E-state index in [4.69, 9.17) is 14.2 Å². The van der Waals surface area contributed by atoms with Crippen LogP contribution in [0.4, 0.5) is 11.4 Å². The van der Waals surface area contributed by atoms with Crippen molar-refractivity contribution in [2.45, 2.75) is 30.8 Å². The summed E-state index contributed by atoms with van der Waals surface area (Å²) < 4.78 is 44.8. The van der Waals surface area contributed by atoms with E-state index < -0.39 is 26.4 Å². The molecule has 1 fully saturated rings. The van der Waals surface area contributed by atoms with Gasteiger partial charge in [0.2, 0.25) is 10.0 Å². The third-order valence-corrected chi connectivity index (χ3v) is 8.62. The number of anilines is 1. The lowest BCUT2D eigenvalue weighted by Crippen LogP contribution is -2.30. The molecule has 0 radical (unpaired) electrons. The summed E-state index contributed by atoms with van der Waals surface area (Å²) in [5.41, 5.74) is 0.754. The van der Waals surface area contributed by atoms with Crippen LogP contribution in [-0.2, 0) is 27.8 Å². The molecule has 0 saturated carbocycles. The zero-order valence-corrected chi connectivity index (χ0v) is 23.2. The normalized spacial score (nSPS) is 14.2. The average Bonchev–Trinajstić information content (AvgIpc) is 2.97. The predicted octanol–water partition coefficient (Wildman–Crippen LogP) is 4.55. The van der Waals surface area contributed by atoms with Crippen LogP contribution in [0.3, 0.4) is 0 Å². The van der Waals surface area contributed by atoms with Gasteiger partial charge < -0.3 is 24.6 Å². The van der Waals surface area contributed by atoms with E-state index in [1.807, 2.05) is 0 Å². The van der Waals surface area contributed by atoms with Crippen molar-refractivity contribution in [1.29, 1.82) is 0 Å². The Morgan fingerprint density at radius 3 is 1.98 bits per heavy atom. The molecule has 0 aliphatic carbocycles. The van der Waals surface area contributed by atoms with Crippen LogP contribution in [0.15, 0.2) is 65.6 Å². The number of hydrogen-bond acceptors (Lipinski definition) is 9. The highest BCUT2D eigenvalue weighted by atomic mass is 32.2. The van der Waals surface area contributed by atoms with Gasteiger partial charge >= 0.3 is 0 Å². The molecule has 0 aromatic heterocycles. The summed E-state index contributed by atoms with van der Waals surface area (Å²) in [5.74, 6) is 0.963. The number of ether oxygens (including phenoxy) is 3. The first-order valence-electron chi connectivity index (χ1n) is 12.8. The van der Waals surface area contributed by atoms with Gasteiger partial charge in [-0.25, -0.2) is 8.42 Å². The fourth-order valence-electron chi connectivity index (χ4n) is 4.50. The Bertz CT molecular complexity index is 1360. The lowest BCUT2D eigenvalue weighted by Gasteiger charge is -2.24. The van der Waals surface area contributed by atoms with Crippen LogP contribution in [0.5, 0.6) is 17.2 Å². The molecule has 0 unspecified atom stereocenters. The SMILES string of the molecule is COc1ccc(CN(Cc2ccc(OC)cc2)S(=O)(=O)c2cc(O)c(NCC3CCOCC3)c([N+](=O)[O-])c2)cc1. The van der Waals surface area contributed by atoms with Gasteiger partial charge in [-0.2, -0.15) is 4.31 Å². The molecule has 1 aliphatic rings. The number of phenols is 1. The molecule has 1 heterocycles. The monoisotopic (exact) mass is 571 g/mol. The number of hydrogen-bond donors (Lipinski definition) is 2. The molecule has 12 heteroatoms. The smallest absolute Gasteiger partial charge is 0.297 e. The maximum absolute atomic E-state index is 13.9. The van der Waals surface area contributed by atoms with Crippen LogP contribution >= 0.6 is 0 Å². The Hall–Kier alpha value is -3.87. The van der Waals surface area contributed by atoms with Crippen molar-refractivity contribution in [2.75, 3.05) is 39.3 Å². The van der Waals surface area contributed by atoms with Gasteiger partial charge in [-0.3, -0.25) is 10.1 Å². The maximum atomic E-state index is 13.9. The Balaban J connectivity index is 1.67. The average molecular weight is 572 g/mol. The molecule has 0 spiro atoms. The largest absolute Gasteiger partial charge is 0.505 e. The Morgan fingerprint density at radius 1 is 0.975 bits per heavy atom. The van der Waals surface area contributed by atoms with Gasteiger partial charge in [-0.15, -0.1) is 0 Å². The van der Waals surface area contributed by atoms with E-state index in [9.17, 15) is 23.6 Å². The van der Waals surface area contributed by atoms with Crippen LogP contribution in [-0.4, -0.2) is 56.7 Å². The number of nitrogens with zero attached hydrogens (tertiary/aromatic N) is 2. The van der Waals surface area contributed by atoms with Crippen molar-refractivity contribution in [1.82, 2.24) is 4.31 Å². The second kappa shape index (κ2) is 13.0. The second-order valence-corrected chi connectivity index (χ2v) is 11.4. The molecule has 3 aromatic rings. The lowest BCUT2D eigenvalue weighted by molar-refractivity contribution is -0.384. The van der Waals surface area contributed by atoms with Crippen LogP contribution in [0.25, 0.3) is 0 Å². The van der Waals surface area contributed by atoms with Crippen molar-refractivity contribution in [3.63, 3.8) is 0 Å². The maximum Gasteiger partial charge on any atom is 0.297 e. The van der Waals surface area contributed by atoms with E-state index in [-0.39, 0.29) is 29.6 Å². The zero-order valence-electron chi connectivity index (χ0n) is 22.4. The number of nitro benzene ring substituents is 1. The van der Waals surface area contributed by atoms with Gasteiger partial charge in [0.05, 0.1) is 24.0 Å². The minimum Gasteiger partial charge on any atom is -0.505 e. The van der Waals surface area contributed by atoms with Gasteiger partial charge in [0.1, 0.15) is 17.2 Å². The summed E-state index contributed by atoms with van der Waals surface area (Å²) in [4.78, 5) is 10.9. The summed E-state index contributed by atoms with van der Waals surface area (Å²) in [6.45, 7) is 1.57. The van der Waals surface area contributed by atoms with E-state index in [1.165, 1.54) is 18.5 Å². The van der Waals surface area contributed by atoms with E-state index in [0.29, 0.717) is 42.4 Å². The third kappa shape index (κ3) is 7.00. The van der Waals surface area contributed by atoms with E-state index >= 15 is 0 Å². The minimum atomic E-state index is -4.30. The first-order chi connectivity index (χ1) is 19.2. The van der Waals surface area contributed by atoms with Gasteiger partial charge in [0.25, 0.3) is 5.69 Å². The summed E-state index contributed by atoms with van der Waals surface area (Å²) in [6.07, 6.45) is 1.58. The molecule has 214 valence electrons. The van der Waals surface area contributed by atoms with Crippen LogP contribution in [0.1, 0.15) is 24.0 Å². The Kier molecular flexibility index (Phi) is 9.46. The topological polar surface area (TPSA) is 140 Å². The minimum absolute atomic E-state index is 0.0172. The Labute approximate surface area is 233 Å². The molecular weight excluding hydrogens is 538 g/mol. The summed E-state index contributed by atoms with van der Waals surface area (Å²) in [7, 11) is -1.22. The number of nitrogens with one attached hydrogen (secondary N) is 1.